The van der Waals surface area contributed by atoms with Crippen LogP contribution in [0.15, 0.2) is 18.2 Å². The minimum Gasteiger partial charge on any atom is -0.490 e. The van der Waals surface area contributed by atoms with Crippen LogP contribution in [0.2, 0.25) is 5.02 Å². The van der Waals surface area contributed by atoms with Crippen LogP contribution in [0.25, 0.3) is 0 Å². The highest BCUT2D eigenvalue weighted by Gasteiger charge is 2.19. The Balaban J connectivity index is 1.93. The lowest BCUT2D eigenvalue weighted by Gasteiger charge is -2.30. The molecule has 1 aliphatic rings. The molecular weight excluding hydrogens is 288 g/mol. The molecule has 0 radical (unpaired) electrons. The molecule has 0 saturated carbocycles. The van der Waals surface area contributed by atoms with Crippen LogP contribution < -0.4 is 10.1 Å². The van der Waals surface area contributed by atoms with Gasteiger partial charge in [0.05, 0.1) is 6.61 Å². The lowest BCUT2D eigenvalue weighted by atomic mass is 10.2. The van der Waals surface area contributed by atoms with Gasteiger partial charge in [-0.05, 0) is 32.1 Å². The molecule has 5 heteroatoms. The summed E-state index contributed by atoms with van der Waals surface area (Å²) in [5, 5.41) is 4.12. The molecule has 0 aliphatic carbocycles. The first-order chi connectivity index (χ1) is 10.2. The van der Waals surface area contributed by atoms with Gasteiger partial charge in [-0.25, -0.2) is 0 Å². The molecule has 1 unspecified atom stereocenters. The Morgan fingerprint density at radius 3 is 3.10 bits per heavy atom. The molecule has 118 valence electrons. The fraction of sp³-hybridized carbons (Fsp3) is 0.625. The maximum Gasteiger partial charge on any atom is 0.125 e. The van der Waals surface area contributed by atoms with E-state index < -0.39 is 0 Å². The Morgan fingerprint density at radius 1 is 1.48 bits per heavy atom. The van der Waals surface area contributed by atoms with Gasteiger partial charge in [-0.15, -0.1) is 0 Å². The van der Waals surface area contributed by atoms with Gasteiger partial charge in [-0.2, -0.15) is 0 Å². The molecule has 0 spiro atoms. The Kier molecular flexibility index (Phi) is 6.77. The zero-order valence-corrected chi connectivity index (χ0v) is 13.7. The summed E-state index contributed by atoms with van der Waals surface area (Å²) in [7, 11) is 2.11. The number of likely N-dealkylation sites (N-methyl/N-ethyl adjacent to an activating group) is 1. The first kappa shape index (κ1) is 16.6. The summed E-state index contributed by atoms with van der Waals surface area (Å²) >= 11 is 6.29. The maximum absolute atomic E-state index is 6.29. The normalized spacial score (nSPS) is 19.7. The molecule has 0 bridgehead atoms. The largest absolute Gasteiger partial charge is 0.490 e. The number of nitrogens with one attached hydrogen (secondary N) is 1. The van der Waals surface area contributed by atoms with Gasteiger partial charge in [0.1, 0.15) is 18.5 Å². The molecule has 1 N–H and O–H groups in total. The van der Waals surface area contributed by atoms with Crippen LogP contribution in [0.4, 0.5) is 0 Å². The van der Waals surface area contributed by atoms with Crippen molar-refractivity contribution in [1.29, 1.82) is 0 Å². The molecular formula is C16H25ClN2O2. The van der Waals surface area contributed by atoms with E-state index in [-0.39, 0.29) is 6.10 Å². The van der Waals surface area contributed by atoms with Crippen molar-refractivity contribution >= 4 is 11.6 Å². The van der Waals surface area contributed by atoms with E-state index in [0.717, 1.165) is 55.5 Å². The monoisotopic (exact) mass is 312 g/mol. The smallest absolute Gasteiger partial charge is 0.125 e. The van der Waals surface area contributed by atoms with Crippen LogP contribution in [0.3, 0.4) is 0 Å². The minimum atomic E-state index is 0.124. The van der Waals surface area contributed by atoms with Crippen LogP contribution in [-0.4, -0.2) is 50.9 Å². The average Bonchev–Trinajstić information content (AvgIpc) is 2.47. The van der Waals surface area contributed by atoms with Gasteiger partial charge in [0.15, 0.2) is 0 Å². The van der Waals surface area contributed by atoms with E-state index in [1.54, 1.807) is 0 Å². The molecule has 0 aromatic heterocycles. The van der Waals surface area contributed by atoms with Crippen LogP contribution in [0.5, 0.6) is 5.75 Å². The van der Waals surface area contributed by atoms with E-state index in [1.807, 2.05) is 18.2 Å². The topological polar surface area (TPSA) is 33.7 Å². The van der Waals surface area contributed by atoms with Crippen LogP contribution in [-0.2, 0) is 11.3 Å². The second-order valence-corrected chi connectivity index (χ2v) is 5.87. The number of ether oxygens (including phenoxy) is 2. The van der Waals surface area contributed by atoms with Crippen LogP contribution in [0, 0.1) is 0 Å². The third kappa shape index (κ3) is 5.15. The van der Waals surface area contributed by atoms with Gasteiger partial charge in [0.25, 0.3) is 0 Å². The molecule has 1 aliphatic heterocycles. The number of nitrogens with zero attached hydrogens (tertiary/aromatic N) is 1. The molecule has 1 aromatic rings. The predicted octanol–water partition coefficient (Wildman–Crippen LogP) is 2.55. The Labute approximate surface area is 132 Å². The standard InChI is InChI=1S/C16H25ClN2O2/c1-3-7-18-10-14-15(17)5-4-6-16(14)21-12-13-11-19(2)8-9-20-13/h4-6,13,18H,3,7-12H2,1-2H3. The number of benzene rings is 1. The van der Waals surface area contributed by atoms with Crippen LogP contribution in [0.1, 0.15) is 18.9 Å². The lowest BCUT2D eigenvalue weighted by molar-refractivity contribution is -0.0404. The Morgan fingerprint density at radius 2 is 2.33 bits per heavy atom. The highest BCUT2D eigenvalue weighted by Crippen LogP contribution is 2.26. The van der Waals surface area contributed by atoms with Gasteiger partial charge < -0.3 is 19.7 Å². The molecule has 2 rings (SSSR count). The van der Waals surface area contributed by atoms with E-state index in [4.69, 9.17) is 21.1 Å². The van der Waals surface area contributed by atoms with E-state index >= 15 is 0 Å². The fourth-order valence-corrected chi connectivity index (χ4v) is 2.62. The first-order valence-electron chi connectivity index (χ1n) is 7.61. The zero-order valence-electron chi connectivity index (χ0n) is 12.9. The summed E-state index contributed by atoms with van der Waals surface area (Å²) in [6.07, 6.45) is 1.22. The third-order valence-corrected chi connectivity index (χ3v) is 3.93. The van der Waals surface area contributed by atoms with Crippen LogP contribution >= 0.6 is 11.6 Å². The van der Waals surface area contributed by atoms with Crippen molar-refractivity contribution in [3.63, 3.8) is 0 Å². The SMILES string of the molecule is CCCNCc1c(Cl)cccc1OCC1CN(C)CCO1. The van der Waals surface area contributed by atoms with Gasteiger partial charge in [0.2, 0.25) is 0 Å². The molecule has 21 heavy (non-hydrogen) atoms. The number of halogens is 1. The lowest BCUT2D eigenvalue weighted by Crippen LogP contribution is -2.42. The van der Waals surface area contributed by atoms with Crippen molar-refractivity contribution in [2.24, 2.45) is 0 Å². The van der Waals surface area contributed by atoms with Crippen molar-refractivity contribution in [3.05, 3.63) is 28.8 Å². The third-order valence-electron chi connectivity index (χ3n) is 3.57. The van der Waals surface area contributed by atoms with E-state index in [9.17, 15) is 0 Å². The molecule has 4 nitrogen and oxygen atoms in total. The molecule has 1 heterocycles. The summed E-state index contributed by atoms with van der Waals surface area (Å²) < 4.78 is 11.7. The van der Waals surface area contributed by atoms with Gasteiger partial charge in [0, 0.05) is 30.2 Å². The number of hydrogen-bond acceptors (Lipinski definition) is 4. The summed E-state index contributed by atoms with van der Waals surface area (Å²) in [5.74, 6) is 0.850. The summed E-state index contributed by atoms with van der Waals surface area (Å²) in [4.78, 5) is 2.26. The van der Waals surface area contributed by atoms with Crippen molar-refractivity contribution in [1.82, 2.24) is 10.2 Å². The Hall–Kier alpha value is -0.810. The Bertz CT molecular complexity index is 442. The summed E-state index contributed by atoms with van der Waals surface area (Å²) in [6, 6.07) is 5.80. The van der Waals surface area contributed by atoms with Crippen molar-refractivity contribution < 1.29 is 9.47 Å². The second kappa shape index (κ2) is 8.59. The molecule has 1 fully saturated rings. The zero-order chi connectivity index (χ0) is 15.1. The number of hydrogen-bond donors (Lipinski definition) is 1. The fourth-order valence-electron chi connectivity index (χ4n) is 2.39. The van der Waals surface area contributed by atoms with Gasteiger partial charge in [-0.1, -0.05) is 24.6 Å². The van der Waals surface area contributed by atoms with Gasteiger partial charge in [-0.3, -0.25) is 0 Å². The predicted molar refractivity (Wildman–Crippen MR) is 86.2 cm³/mol. The van der Waals surface area contributed by atoms with E-state index in [1.165, 1.54) is 0 Å². The van der Waals surface area contributed by atoms with E-state index in [2.05, 4.69) is 24.2 Å². The number of rotatable bonds is 7. The van der Waals surface area contributed by atoms with E-state index in [0.29, 0.717) is 6.61 Å². The summed E-state index contributed by atoms with van der Waals surface area (Å²) in [5.41, 5.74) is 1.02. The minimum absolute atomic E-state index is 0.124. The van der Waals surface area contributed by atoms with Crippen molar-refractivity contribution in [3.8, 4) is 5.75 Å². The highest BCUT2D eigenvalue weighted by atomic mass is 35.5. The quantitative estimate of drug-likeness (QED) is 0.785. The van der Waals surface area contributed by atoms with Gasteiger partial charge >= 0.3 is 0 Å². The second-order valence-electron chi connectivity index (χ2n) is 5.46. The molecule has 0 amide bonds. The molecule has 1 aromatic carbocycles. The van der Waals surface area contributed by atoms with Crippen molar-refractivity contribution in [2.45, 2.75) is 26.0 Å². The molecule has 1 atom stereocenters. The summed E-state index contributed by atoms with van der Waals surface area (Å²) in [6.45, 7) is 7.07. The average molecular weight is 313 g/mol. The highest BCUT2D eigenvalue weighted by molar-refractivity contribution is 6.31. The number of morpholine rings is 1. The van der Waals surface area contributed by atoms with Crippen molar-refractivity contribution in [2.75, 3.05) is 39.9 Å². The maximum atomic E-state index is 6.29. The first-order valence-corrected chi connectivity index (χ1v) is 7.99. The molecule has 1 saturated heterocycles.